The van der Waals surface area contributed by atoms with Gasteiger partial charge in [0, 0.05) is 17.4 Å². The smallest absolute Gasteiger partial charge is 0.163 e. The Bertz CT molecular complexity index is 628. The Balaban J connectivity index is 2.43. The van der Waals surface area contributed by atoms with Crippen LogP contribution in [0.3, 0.4) is 0 Å². The van der Waals surface area contributed by atoms with Crippen LogP contribution >= 0.6 is 0 Å². The average Bonchev–Trinajstić information content (AvgIpc) is 2.41. The van der Waals surface area contributed by atoms with Crippen LogP contribution in [0.1, 0.15) is 41.6 Å². The number of rotatable bonds is 1. The number of Topliss-reactive ketones (excluding diaryl/α,β-unsaturated/α-hetero) is 1. The molecule has 0 saturated heterocycles. The molecule has 1 atom stereocenters. The first-order valence-electron chi connectivity index (χ1n) is 6.35. The Labute approximate surface area is 107 Å². The molecule has 0 fully saturated rings. The standard InChI is InChI=1S/C16H16O2/c1-10-7-8-14(17)13-9-15(18-2)11-5-3-4-6-12(11)16(10)13/h3-6,9-10H,7-8H2,1-2H3. The van der Waals surface area contributed by atoms with Crippen LogP contribution in [-0.4, -0.2) is 12.9 Å². The van der Waals surface area contributed by atoms with Crippen molar-refractivity contribution in [3.8, 4) is 5.75 Å². The van der Waals surface area contributed by atoms with E-state index in [1.54, 1.807) is 7.11 Å². The molecule has 1 aliphatic rings. The first kappa shape index (κ1) is 11.3. The van der Waals surface area contributed by atoms with Gasteiger partial charge in [0.1, 0.15) is 5.75 Å². The van der Waals surface area contributed by atoms with Crippen LogP contribution < -0.4 is 4.74 Å². The van der Waals surface area contributed by atoms with Crippen LogP contribution in [0.15, 0.2) is 30.3 Å². The number of ketones is 1. The van der Waals surface area contributed by atoms with Gasteiger partial charge in [0.15, 0.2) is 5.78 Å². The highest BCUT2D eigenvalue weighted by Gasteiger charge is 2.26. The Kier molecular flexibility index (Phi) is 2.58. The van der Waals surface area contributed by atoms with Gasteiger partial charge in [0.25, 0.3) is 0 Å². The molecule has 92 valence electrons. The highest BCUT2D eigenvalue weighted by Crippen LogP contribution is 2.40. The molecule has 0 radical (unpaired) electrons. The summed E-state index contributed by atoms with van der Waals surface area (Å²) in [5.74, 6) is 1.48. The van der Waals surface area contributed by atoms with Crippen molar-refractivity contribution in [2.24, 2.45) is 0 Å². The van der Waals surface area contributed by atoms with Gasteiger partial charge < -0.3 is 4.74 Å². The van der Waals surface area contributed by atoms with Crippen LogP contribution in [0.4, 0.5) is 0 Å². The van der Waals surface area contributed by atoms with E-state index in [2.05, 4.69) is 19.1 Å². The Morgan fingerprint density at radius 1 is 1.22 bits per heavy atom. The molecule has 0 amide bonds. The number of benzene rings is 2. The molecule has 1 unspecified atom stereocenters. The number of fused-ring (bicyclic) bond motifs is 3. The van der Waals surface area contributed by atoms with Gasteiger partial charge in [-0.15, -0.1) is 0 Å². The molecule has 1 aliphatic carbocycles. The molecule has 0 spiro atoms. The second kappa shape index (κ2) is 4.13. The summed E-state index contributed by atoms with van der Waals surface area (Å²) >= 11 is 0. The minimum absolute atomic E-state index is 0.243. The van der Waals surface area contributed by atoms with Crippen molar-refractivity contribution < 1.29 is 9.53 Å². The lowest BCUT2D eigenvalue weighted by molar-refractivity contribution is 0.0968. The summed E-state index contributed by atoms with van der Waals surface area (Å²) in [4.78, 5) is 12.1. The number of hydrogen-bond donors (Lipinski definition) is 0. The van der Waals surface area contributed by atoms with E-state index >= 15 is 0 Å². The number of hydrogen-bond acceptors (Lipinski definition) is 2. The fourth-order valence-corrected chi connectivity index (χ4v) is 2.92. The molecule has 0 N–H and O–H groups in total. The Morgan fingerprint density at radius 3 is 2.67 bits per heavy atom. The first-order valence-corrected chi connectivity index (χ1v) is 6.35. The summed E-state index contributed by atoms with van der Waals surface area (Å²) in [5.41, 5.74) is 2.05. The van der Waals surface area contributed by atoms with Crippen LogP contribution in [0.5, 0.6) is 5.75 Å². The molecular formula is C16H16O2. The molecule has 0 heterocycles. The van der Waals surface area contributed by atoms with Crippen molar-refractivity contribution in [1.29, 1.82) is 0 Å². The SMILES string of the molecule is COc1cc2c(c3ccccc13)C(C)CCC2=O. The quantitative estimate of drug-likeness (QED) is 0.755. The van der Waals surface area contributed by atoms with E-state index in [0.717, 1.165) is 28.5 Å². The maximum atomic E-state index is 12.1. The molecule has 2 heteroatoms. The van der Waals surface area contributed by atoms with Crippen LogP contribution in [0, 0.1) is 0 Å². The van der Waals surface area contributed by atoms with Crippen LogP contribution in [0.25, 0.3) is 10.8 Å². The second-order valence-corrected chi connectivity index (χ2v) is 4.95. The molecule has 18 heavy (non-hydrogen) atoms. The Hall–Kier alpha value is -1.83. The summed E-state index contributed by atoms with van der Waals surface area (Å²) in [7, 11) is 1.66. The van der Waals surface area contributed by atoms with Crippen molar-refractivity contribution in [3.05, 3.63) is 41.5 Å². The van der Waals surface area contributed by atoms with Gasteiger partial charge in [-0.1, -0.05) is 31.2 Å². The monoisotopic (exact) mass is 240 g/mol. The average molecular weight is 240 g/mol. The summed E-state index contributed by atoms with van der Waals surface area (Å²) in [6.07, 6.45) is 1.60. The summed E-state index contributed by atoms with van der Waals surface area (Å²) in [5, 5.41) is 2.26. The van der Waals surface area contributed by atoms with Gasteiger partial charge in [-0.05, 0) is 29.4 Å². The van der Waals surface area contributed by atoms with Gasteiger partial charge in [-0.25, -0.2) is 0 Å². The largest absolute Gasteiger partial charge is 0.496 e. The molecule has 0 aromatic heterocycles. The third-order valence-corrected chi connectivity index (χ3v) is 3.87. The highest BCUT2D eigenvalue weighted by molar-refractivity contribution is 6.06. The summed E-state index contributed by atoms with van der Waals surface area (Å²) in [6.45, 7) is 2.20. The van der Waals surface area contributed by atoms with Gasteiger partial charge in [-0.2, -0.15) is 0 Å². The minimum Gasteiger partial charge on any atom is -0.496 e. The van der Waals surface area contributed by atoms with Crippen LogP contribution in [-0.2, 0) is 0 Å². The lowest BCUT2D eigenvalue weighted by Crippen LogP contribution is -2.14. The lowest BCUT2D eigenvalue weighted by atomic mass is 9.80. The van der Waals surface area contributed by atoms with E-state index in [9.17, 15) is 4.79 Å². The zero-order chi connectivity index (χ0) is 12.7. The molecule has 0 aliphatic heterocycles. The van der Waals surface area contributed by atoms with Crippen molar-refractivity contribution in [2.75, 3.05) is 7.11 Å². The van der Waals surface area contributed by atoms with E-state index in [-0.39, 0.29) is 5.78 Å². The minimum atomic E-state index is 0.243. The van der Waals surface area contributed by atoms with Crippen molar-refractivity contribution in [2.45, 2.75) is 25.7 Å². The van der Waals surface area contributed by atoms with E-state index in [0.29, 0.717) is 12.3 Å². The predicted molar refractivity (Wildman–Crippen MR) is 72.5 cm³/mol. The fourth-order valence-electron chi connectivity index (χ4n) is 2.92. The molecule has 3 rings (SSSR count). The van der Waals surface area contributed by atoms with Crippen molar-refractivity contribution >= 4 is 16.6 Å². The summed E-state index contributed by atoms with van der Waals surface area (Å²) in [6, 6.07) is 10.1. The predicted octanol–water partition coefficient (Wildman–Crippen LogP) is 3.93. The van der Waals surface area contributed by atoms with E-state index in [1.807, 2.05) is 18.2 Å². The molecule has 2 nitrogen and oxygen atoms in total. The highest BCUT2D eigenvalue weighted by atomic mass is 16.5. The lowest BCUT2D eigenvalue weighted by Gasteiger charge is -2.24. The van der Waals surface area contributed by atoms with Gasteiger partial charge >= 0.3 is 0 Å². The Morgan fingerprint density at radius 2 is 1.94 bits per heavy atom. The van der Waals surface area contributed by atoms with Gasteiger partial charge in [0.05, 0.1) is 7.11 Å². The number of methoxy groups -OCH3 is 1. The second-order valence-electron chi connectivity index (χ2n) is 4.95. The third kappa shape index (κ3) is 1.52. The van der Waals surface area contributed by atoms with Crippen molar-refractivity contribution in [3.63, 3.8) is 0 Å². The van der Waals surface area contributed by atoms with E-state index in [1.165, 1.54) is 5.56 Å². The van der Waals surface area contributed by atoms with Gasteiger partial charge in [-0.3, -0.25) is 4.79 Å². The molecular weight excluding hydrogens is 224 g/mol. The topological polar surface area (TPSA) is 26.3 Å². The fraction of sp³-hybridized carbons (Fsp3) is 0.312. The van der Waals surface area contributed by atoms with E-state index in [4.69, 9.17) is 4.74 Å². The maximum absolute atomic E-state index is 12.1. The number of carbonyl (C=O) groups is 1. The molecule has 2 aromatic rings. The number of carbonyl (C=O) groups excluding carboxylic acids is 1. The number of ether oxygens (including phenoxy) is 1. The molecule has 2 aromatic carbocycles. The summed E-state index contributed by atoms with van der Waals surface area (Å²) < 4.78 is 5.42. The normalized spacial score (nSPS) is 18.8. The van der Waals surface area contributed by atoms with Crippen molar-refractivity contribution in [1.82, 2.24) is 0 Å². The maximum Gasteiger partial charge on any atom is 0.163 e. The molecule has 0 bridgehead atoms. The molecule has 0 saturated carbocycles. The first-order chi connectivity index (χ1) is 8.72. The zero-order valence-electron chi connectivity index (χ0n) is 10.7. The third-order valence-electron chi connectivity index (χ3n) is 3.87. The van der Waals surface area contributed by atoms with Gasteiger partial charge in [0.2, 0.25) is 0 Å². The zero-order valence-corrected chi connectivity index (χ0v) is 10.7. The van der Waals surface area contributed by atoms with Crippen LogP contribution in [0.2, 0.25) is 0 Å². The van der Waals surface area contributed by atoms with E-state index < -0.39 is 0 Å².